The van der Waals surface area contributed by atoms with Crippen molar-refractivity contribution in [1.82, 2.24) is 15.2 Å². The predicted octanol–water partition coefficient (Wildman–Crippen LogP) is 1.16. The van der Waals surface area contributed by atoms with Gasteiger partial charge >= 0.3 is 0 Å². The molecule has 2 rings (SSSR count). The molecule has 0 aromatic heterocycles. The van der Waals surface area contributed by atoms with Crippen LogP contribution in [0.4, 0.5) is 0 Å². The fourth-order valence-corrected chi connectivity index (χ4v) is 3.18. The second-order valence-electron chi connectivity index (χ2n) is 5.86. The van der Waals surface area contributed by atoms with E-state index in [4.69, 9.17) is 4.74 Å². The monoisotopic (exact) mass is 391 g/mol. The summed E-state index contributed by atoms with van der Waals surface area (Å²) < 4.78 is 30.4. The molecule has 0 bridgehead atoms. The summed E-state index contributed by atoms with van der Waals surface area (Å²) in [5.41, 5.74) is 5.86. The summed E-state index contributed by atoms with van der Waals surface area (Å²) in [6, 6.07) is 12.3. The van der Waals surface area contributed by atoms with E-state index in [-0.39, 0.29) is 10.5 Å². The van der Waals surface area contributed by atoms with Crippen molar-refractivity contribution >= 4 is 21.8 Å². The molecule has 0 aliphatic heterocycles. The maximum absolute atomic E-state index is 12.2. The topological polar surface area (TPSA) is 105 Å². The van der Waals surface area contributed by atoms with Gasteiger partial charge in [0, 0.05) is 32.3 Å². The zero-order valence-corrected chi connectivity index (χ0v) is 16.0. The summed E-state index contributed by atoms with van der Waals surface area (Å²) in [6.45, 7) is 0.362. The Bertz CT molecular complexity index is 942. The molecule has 144 valence electrons. The van der Waals surface area contributed by atoms with Gasteiger partial charge < -0.3 is 4.74 Å². The summed E-state index contributed by atoms with van der Waals surface area (Å²) in [5.74, 6) is -1.13. The Morgan fingerprint density at radius 1 is 0.963 bits per heavy atom. The lowest BCUT2D eigenvalue weighted by Gasteiger charge is -2.12. The molecule has 2 amide bonds. The third-order valence-corrected chi connectivity index (χ3v) is 5.48. The summed E-state index contributed by atoms with van der Waals surface area (Å²) in [6.07, 6.45) is 0. The van der Waals surface area contributed by atoms with Gasteiger partial charge in [-0.1, -0.05) is 18.2 Å². The van der Waals surface area contributed by atoms with E-state index >= 15 is 0 Å². The Morgan fingerprint density at radius 2 is 1.52 bits per heavy atom. The minimum absolute atomic E-state index is 0.0151. The van der Waals surface area contributed by atoms with Crippen LogP contribution in [-0.4, -0.2) is 45.7 Å². The minimum atomic E-state index is -3.66. The molecule has 0 fully saturated rings. The number of nitrogens with zero attached hydrogens (tertiary/aromatic N) is 1. The van der Waals surface area contributed by atoms with Crippen molar-refractivity contribution in [3.63, 3.8) is 0 Å². The van der Waals surface area contributed by atoms with Gasteiger partial charge in [0.15, 0.2) is 0 Å². The zero-order chi connectivity index (χ0) is 20.0. The molecular weight excluding hydrogens is 370 g/mol. The molecule has 0 radical (unpaired) electrons. The highest BCUT2D eigenvalue weighted by Crippen LogP contribution is 2.14. The Balaban J connectivity index is 2.08. The molecule has 0 spiro atoms. The standard InChI is InChI=1S/C18H21N3O5S/c1-21(2)27(24,25)16-9-5-8-15(11-16)18(23)20-19-17(22)14-7-4-6-13(10-14)12-26-3/h4-11H,12H2,1-3H3,(H,19,22)(H,20,23). The Labute approximate surface area is 158 Å². The highest BCUT2D eigenvalue weighted by Gasteiger charge is 2.19. The van der Waals surface area contributed by atoms with E-state index in [0.717, 1.165) is 9.87 Å². The summed E-state index contributed by atoms with van der Waals surface area (Å²) in [5, 5.41) is 0. The van der Waals surface area contributed by atoms with Gasteiger partial charge in [0.2, 0.25) is 10.0 Å². The van der Waals surface area contributed by atoms with Gasteiger partial charge in [-0.05, 0) is 35.9 Å². The van der Waals surface area contributed by atoms with Crippen LogP contribution in [0.3, 0.4) is 0 Å². The Kier molecular flexibility index (Phi) is 6.67. The van der Waals surface area contributed by atoms with Crippen LogP contribution in [0, 0.1) is 0 Å². The molecular formula is C18H21N3O5S. The molecule has 0 heterocycles. The fourth-order valence-electron chi connectivity index (χ4n) is 2.24. The molecule has 9 heteroatoms. The number of methoxy groups -OCH3 is 1. The smallest absolute Gasteiger partial charge is 0.269 e. The van der Waals surface area contributed by atoms with Gasteiger partial charge in [0.05, 0.1) is 11.5 Å². The Hall–Kier alpha value is -2.75. The lowest BCUT2D eigenvalue weighted by molar-refractivity contribution is 0.0846. The third kappa shape index (κ3) is 5.13. The molecule has 2 aromatic rings. The molecule has 2 aromatic carbocycles. The van der Waals surface area contributed by atoms with Crippen LogP contribution in [0.5, 0.6) is 0 Å². The first-order chi connectivity index (χ1) is 12.8. The fraction of sp³-hybridized carbons (Fsp3) is 0.222. The average molecular weight is 391 g/mol. The van der Waals surface area contributed by atoms with Gasteiger partial charge in [-0.2, -0.15) is 0 Å². The van der Waals surface area contributed by atoms with Gasteiger partial charge in [-0.3, -0.25) is 20.4 Å². The van der Waals surface area contributed by atoms with E-state index < -0.39 is 21.8 Å². The number of hydrazine groups is 1. The van der Waals surface area contributed by atoms with E-state index in [2.05, 4.69) is 10.9 Å². The number of benzene rings is 2. The summed E-state index contributed by atoms with van der Waals surface area (Å²) in [7, 11) is 0.695. The van der Waals surface area contributed by atoms with E-state index in [0.29, 0.717) is 12.2 Å². The number of amides is 2. The van der Waals surface area contributed by atoms with E-state index in [1.165, 1.54) is 38.4 Å². The van der Waals surface area contributed by atoms with E-state index in [1.54, 1.807) is 25.3 Å². The highest BCUT2D eigenvalue weighted by molar-refractivity contribution is 7.89. The van der Waals surface area contributed by atoms with Gasteiger partial charge in [-0.25, -0.2) is 12.7 Å². The second kappa shape index (κ2) is 8.76. The van der Waals surface area contributed by atoms with Crippen molar-refractivity contribution in [2.45, 2.75) is 11.5 Å². The zero-order valence-electron chi connectivity index (χ0n) is 15.2. The molecule has 0 atom stereocenters. The SMILES string of the molecule is COCc1cccc(C(=O)NNC(=O)c2cccc(S(=O)(=O)N(C)C)c2)c1. The van der Waals surface area contributed by atoms with Crippen molar-refractivity contribution in [2.24, 2.45) is 0 Å². The van der Waals surface area contributed by atoms with Gasteiger partial charge in [-0.15, -0.1) is 0 Å². The summed E-state index contributed by atoms with van der Waals surface area (Å²) in [4.78, 5) is 24.4. The summed E-state index contributed by atoms with van der Waals surface area (Å²) >= 11 is 0. The predicted molar refractivity (Wildman–Crippen MR) is 99.4 cm³/mol. The molecule has 0 unspecified atom stereocenters. The van der Waals surface area contributed by atoms with E-state index in [1.807, 2.05) is 6.07 Å². The number of hydrogen-bond acceptors (Lipinski definition) is 5. The average Bonchev–Trinajstić information content (AvgIpc) is 2.66. The number of nitrogens with one attached hydrogen (secondary N) is 2. The van der Waals surface area contributed by atoms with Crippen LogP contribution in [0.1, 0.15) is 26.3 Å². The lowest BCUT2D eigenvalue weighted by Crippen LogP contribution is -2.41. The van der Waals surface area contributed by atoms with Crippen molar-refractivity contribution in [3.8, 4) is 0 Å². The highest BCUT2D eigenvalue weighted by atomic mass is 32.2. The number of carbonyl (C=O) groups excluding carboxylic acids is 2. The first-order valence-electron chi connectivity index (χ1n) is 7.97. The normalized spacial score (nSPS) is 11.3. The first kappa shape index (κ1) is 20.6. The molecule has 0 saturated carbocycles. The van der Waals surface area contributed by atoms with Crippen LogP contribution in [0.25, 0.3) is 0 Å². The molecule has 0 aliphatic carbocycles. The lowest BCUT2D eigenvalue weighted by atomic mass is 10.1. The molecule has 2 N–H and O–H groups in total. The van der Waals surface area contributed by atoms with Crippen molar-refractivity contribution in [1.29, 1.82) is 0 Å². The van der Waals surface area contributed by atoms with Crippen LogP contribution in [0.15, 0.2) is 53.4 Å². The largest absolute Gasteiger partial charge is 0.380 e. The van der Waals surface area contributed by atoms with Crippen LogP contribution in [0.2, 0.25) is 0 Å². The Morgan fingerprint density at radius 3 is 2.07 bits per heavy atom. The van der Waals surface area contributed by atoms with Crippen LogP contribution < -0.4 is 10.9 Å². The number of hydrogen-bond donors (Lipinski definition) is 2. The number of sulfonamides is 1. The van der Waals surface area contributed by atoms with Crippen LogP contribution >= 0.6 is 0 Å². The van der Waals surface area contributed by atoms with Crippen molar-refractivity contribution < 1.29 is 22.7 Å². The number of ether oxygens (including phenoxy) is 1. The number of rotatable bonds is 6. The first-order valence-corrected chi connectivity index (χ1v) is 9.41. The molecule has 27 heavy (non-hydrogen) atoms. The maximum Gasteiger partial charge on any atom is 0.269 e. The molecule has 0 saturated heterocycles. The van der Waals surface area contributed by atoms with Crippen LogP contribution in [-0.2, 0) is 21.4 Å². The van der Waals surface area contributed by atoms with Gasteiger partial charge in [0.1, 0.15) is 0 Å². The number of carbonyl (C=O) groups is 2. The third-order valence-electron chi connectivity index (χ3n) is 3.66. The van der Waals surface area contributed by atoms with Crippen molar-refractivity contribution in [3.05, 3.63) is 65.2 Å². The maximum atomic E-state index is 12.2. The van der Waals surface area contributed by atoms with Crippen molar-refractivity contribution in [2.75, 3.05) is 21.2 Å². The minimum Gasteiger partial charge on any atom is -0.380 e. The van der Waals surface area contributed by atoms with E-state index in [9.17, 15) is 18.0 Å². The van der Waals surface area contributed by atoms with Gasteiger partial charge in [0.25, 0.3) is 11.8 Å². The second-order valence-corrected chi connectivity index (χ2v) is 8.01. The molecule has 0 aliphatic rings. The molecule has 8 nitrogen and oxygen atoms in total. The quantitative estimate of drug-likeness (QED) is 0.719.